The minimum atomic E-state index is 0.353. The fourth-order valence-electron chi connectivity index (χ4n) is 2.33. The van der Waals surface area contributed by atoms with Crippen molar-refractivity contribution in [2.75, 3.05) is 37.0 Å². The zero-order valence-electron chi connectivity index (χ0n) is 11.4. The normalized spacial score (nSPS) is 19.9. The number of piperidine rings is 1. The summed E-state index contributed by atoms with van der Waals surface area (Å²) in [5.74, 6) is 0. The van der Waals surface area contributed by atoms with Gasteiger partial charge in [0, 0.05) is 26.7 Å². The average Bonchev–Trinajstić information content (AvgIpc) is 2.45. The van der Waals surface area contributed by atoms with Crippen LogP contribution in [0.25, 0.3) is 0 Å². The Morgan fingerprint density at radius 3 is 3.17 bits per heavy atom. The van der Waals surface area contributed by atoms with Crippen molar-refractivity contribution >= 4 is 11.4 Å². The Bertz CT molecular complexity index is 370. The number of hydrogen-bond donors (Lipinski definition) is 1. The molecule has 1 fully saturated rings. The molecule has 1 atom stereocenters. The zero-order valence-corrected chi connectivity index (χ0v) is 11.4. The molecule has 2 rings (SSSR count). The van der Waals surface area contributed by atoms with Gasteiger partial charge in [-0.2, -0.15) is 0 Å². The molecular weight excluding hydrogens is 226 g/mol. The third-order valence-corrected chi connectivity index (χ3v) is 3.38. The first-order valence-corrected chi connectivity index (χ1v) is 6.80. The van der Waals surface area contributed by atoms with E-state index in [9.17, 15) is 0 Å². The van der Waals surface area contributed by atoms with Crippen LogP contribution in [0.1, 0.15) is 26.2 Å². The molecule has 1 N–H and O–H groups in total. The number of methoxy groups -OCH3 is 1. The number of aromatic nitrogens is 1. The molecule has 100 valence electrons. The van der Waals surface area contributed by atoms with Gasteiger partial charge < -0.3 is 15.0 Å². The number of ether oxygens (including phenoxy) is 1. The molecule has 1 aromatic rings. The van der Waals surface area contributed by atoms with Gasteiger partial charge in [-0.1, -0.05) is 6.92 Å². The van der Waals surface area contributed by atoms with Crippen LogP contribution in [0.4, 0.5) is 11.4 Å². The molecular formula is C14H23N3O. The number of anilines is 2. The Morgan fingerprint density at radius 2 is 2.39 bits per heavy atom. The van der Waals surface area contributed by atoms with Crippen LogP contribution in [-0.2, 0) is 4.74 Å². The Labute approximate surface area is 109 Å². The summed E-state index contributed by atoms with van der Waals surface area (Å²) in [6.07, 6.45) is 7.65. The highest BCUT2D eigenvalue weighted by atomic mass is 16.5. The van der Waals surface area contributed by atoms with E-state index < -0.39 is 0 Å². The highest BCUT2D eigenvalue weighted by Gasteiger charge is 2.19. The Balaban J connectivity index is 2.02. The summed E-state index contributed by atoms with van der Waals surface area (Å²) < 4.78 is 5.46. The SMILES string of the molecule is CCCNc1cncc(N2CCCC(OC)C2)c1. The van der Waals surface area contributed by atoms with E-state index in [2.05, 4.69) is 28.2 Å². The summed E-state index contributed by atoms with van der Waals surface area (Å²) in [5.41, 5.74) is 2.30. The first-order valence-electron chi connectivity index (χ1n) is 6.80. The second kappa shape index (κ2) is 6.59. The van der Waals surface area contributed by atoms with Crippen molar-refractivity contribution in [3.8, 4) is 0 Å². The van der Waals surface area contributed by atoms with Gasteiger partial charge in [0.05, 0.1) is 29.9 Å². The first kappa shape index (κ1) is 13.1. The van der Waals surface area contributed by atoms with E-state index in [0.29, 0.717) is 6.10 Å². The molecule has 0 aliphatic carbocycles. The molecule has 0 bridgehead atoms. The topological polar surface area (TPSA) is 37.4 Å². The fourth-order valence-corrected chi connectivity index (χ4v) is 2.33. The van der Waals surface area contributed by atoms with Crippen LogP contribution >= 0.6 is 0 Å². The summed E-state index contributed by atoms with van der Waals surface area (Å²) in [7, 11) is 1.80. The van der Waals surface area contributed by atoms with Crippen molar-refractivity contribution in [2.45, 2.75) is 32.3 Å². The summed E-state index contributed by atoms with van der Waals surface area (Å²) >= 11 is 0. The van der Waals surface area contributed by atoms with Crippen LogP contribution in [0.3, 0.4) is 0 Å². The van der Waals surface area contributed by atoms with Gasteiger partial charge in [0.15, 0.2) is 0 Å². The third-order valence-electron chi connectivity index (χ3n) is 3.38. The molecule has 4 heteroatoms. The lowest BCUT2D eigenvalue weighted by molar-refractivity contribution is 0.0893. The largest absolute Gasteiger partial charge is 0.384 e. The maximum absolute atomic E-state index is 5.46. The van der Waals surface area contributed by atoms with Crippen molar-refractivity contribution in [2.24, 2.45) is 0 Å². The van der Waals surface area contributed by atoms with Gasteiger partial charge in [-0.15, -0.1) is 0 Å². The molecule has 1 aromatic heterocycles. The Morgan fingerprint density at radius 1 is 1.50 bits per heavy atom. The minimum absolute atomic E-state index is 0.353. The minimum Gasteiger partial charge on any atom is -0.384 e. The molecule has 0 amide bonds. The highest BCUT2D eigenvalue weighted by Crippen LogP contribution is 2.22. The average molecular weight is 249 g/mol. The highest BCUT2D eigenvalue weighted by molar-refractivity contribution is 5.55. The maximum Gasteiger partial charge on any atom is 0.0746 e. The van der Waals surface area contributed by atoms with Crippen LogP contribution < -0.4 is 10.2 Å². The van der Waals surface area contributed by atoms with Gasteiger partial charge in [-0.25, -0.2) is 0 Å². The first-order chi connectivity index (χ1) is 8.83. The van der Waals surface area contributed by atoms with Crippen LogP contribution in [-0.4, -0.2) is 37.8 Å². The van der Waals surface area contributed by atoms with Crippen molar-refractivity contribution in [3.05, 3.63) is 18.5 Å². The molecule has 2 heterocycles. The number of hydrogen-bond acceptors (Lipinski definition) is 4. The maximum atomic E-state index is 5.46. The van der Waals surface area contributed by atoms with Crippen molar-refractivity contribution in [1.82, 2.24) is 4.98 Å². The fraction of sp³-hybridized carbons (Fsp3) is 0.643. The molecule has 1 unspecified atom stereocenters. The number of nitrogens with zero attached hydrogens (tertiary/aromatic N) is 2. The van der Waals surface area contributed by atoms with E-state index in [-0.39, 0.29) is 0 Å². The monoisotopic (exact) mass is 249 g/mol. The van der Waals surface area contributed by atoms with Crippen molar-refractivity contribution in [3.63, 3.8) is 0 Å². The Kier molecular flexibility index (Phi) is 4.81. The smallest absolute Gasteiger partial charge is 0.0746 e. The van der Waals surface area contributed by atoms with Crippen LogP contribution in [0.2, 0.25) is 0 Å². The van der Waals surface area contributed by atoms with Crippen LogP contribution in [0.15, 0.2) is 18.5 Å². The van der Waals surface area contributed by atoms with Crippen molar-refractivity contribution in [1.29, 1.82) is 0 Å². The van der Waals surface area contributed by atoms with E-state index in [1.54, 1.807) is 7.11 Å². The lowest BCUT2D eigenvalue weighted by Crippen LogP contribution is -2.39. The summed E-state index contributed by atoms with van der Waals surface area (Å²) in [6, 6.07) is 2.18. The molecule has 0 saturated carbocycles. The molecule has 18 heavy (non-hydrogen) atoms. The molecule has 4 nitrogen and oxygen atoms in total. The van der Waals surface area contributed by atoms with Gasteiger partial charge >= 0.3 is 0 Å². The summed E-state index contributed by atoms with van der Waals surface area (Å²) in [5, 5.41) is 3.38. The third kappa shape index (κ3) is 3.35. The number of pyridine rings is 1. The number of rotatable bonds is 5. The van der Waals surface area contributed by atoms with Crippen LogP contribution in [0, 0.1) is 0 Å². The lowest BCUT2D eigenvalue weighted by Gasteiger charge is -2.33. The molecule has 1 saturated heterocycles. The zero-order chi connectivity index (χ0) is 12.8. The molecule has 1 aliphatic rings. The van der Waals surface area contributed by atoms with E-state index in [4.69, 9.17) is 4.74 Å². The summed E-state index contributed by atoms with van der Waals surface area (Å²) in [6.45, 7) is 5.22. The molecule has 0 spiro atoms. The van der Waals surface area contributed by atoms with E-state index in [1.807, 2.05) is 12.4 Å². The number of nitrogens with one attached hydrogen (secondary N) is 1. The molecule has 1 aliphatic heterocycles. The lowest BCUT2D eigenvalue weighted by atomic mass is 10.1. The van der Waals surface area contributed by atoms with E-state index in [0.717, 1.165) is 38.2 Å². The molecule has 0 radical (unpaired) electrons. The van der Waals surface area contributed by atoms with Gasteiger partial charge in [-0.3, -0.25) is 4.98 Å². The van der Waals surface area contributed by atoms with Gasteiger partial charge in [0.1, 0.15) is 0 Å². The standard InChI is InChI=1S/C14H23N3O/c1-3-6-16-12-8-13(10-15-9-12)17-7-4-5-14(11-17)18-2/h8-10,14,16H,3-7,11H2,1-2H3. The quantitative estimate of drug-likeness (QED) is 0.870. The van der Waals surface area contributed by atoms with Crippen LogP contribution in [0.5, 0.6) is 0 Å². The summed E-state index contributed by atoms with van der Waals surface area (Å²) in [4.78, 5) is 6.68. The van der Waals surface area contributed by atoms with Gasteiger partial charge in [0.25, 0.3) is 0 Å². The van der Waals surface area contributed by atoms with Crippen molar-refractivity contribution < 1.29 is 4.74 Å². The second-order valence-corrected chi connectivity index (χ2v) is 4.80. The van der Waals surface area contributed by atoms with E-state index in [1.165, 1.54) is 12.1 Å². The Hall–Kier alpha value is -1.29. The second-order valence-electron chi connectivity index (χ2n) is 4.80. The van der Waals surface area contributed by atoms with E-state index >= 15 is 0 Å². The van der Waals surface area contributed by atoms with Gasteiger partial charge in [0.2, 0.25) is 0 Å². The predicted molar refractivity (Wildman–Crippen MR) is 75.3 cm³/mol. The van der Waals surface area contributed by atoms with Gasteiger partial charge in [-0.05, 0) is 25.3 Å². The predicted octanol–water partition coefficient (Wildman–Crippen LogP) is 2.52. The molecule has 0 aromatic carbocycles.